The van der Waals surface area contributed by atoms with Crippen LogP contribution in [0.4, 0.5) is 0 Å². The average Bonchev–Trinajstić information content (AvgIpc) is 2.18. The molecule has 1 aromatic rings. The highest BCUT2D eigenvalue weighted by Gasteiger charge is 1.96. The minimum atomic E-state index is 0.711. The number of hydrogen-bond acceptors (Lipinski definition) is 0. The molecule has 0 heteroatoms. The molecule has 1 rings (SSSR count). The molecular formula is C15H20. The lowest BCUT2D eigenvalue weighted by molar-refractivity contribution is 0.637. The van der Waals surface area contributed by atoms with E-state index in [4.69, 9.17) is 0 Å². The molecule has 0 aromatic heterocycles. The molecule has 0 bridgehead atoms. The molecule has 0 atom stereocenters. The van der Waals surface area contributed by atoms with Crippen LogP contribution in [0.2, 0.25) is 0 Å². The van der Waals surface area contributed by atoms with Crippen molar-refractivity contribution < 1.29 is 0 Å². The van der Waals surface area contributed by atoms with Gasteiger partial charge in [0.1, 0.15) is 0 Å². The van der Waals surface area contributed by atoms with Crippen LogP contribution in [0, 0.1) is 5.92 Å². The monoisotopic (exact) mass is 200 g/mol. The van der Waals surface area contributed by atoms with Gasteiger partial charge in [-0.2, -0.15) is 0 Å². The van der Waals surface area contributed by atoms with Crippen molar-refractivity contribution in [3.05, 3.63) is 54.1 Å². The second-order valence-corrected chi connectivity index (χ2v) is 4.37. The zero-order valence-electron chi connectivity index (χ0n) is 9.74. The van der Waals surface area contributed by atoms with Crippen LogP contribution < -0.4 is 0 Å². The Bertz CT molecular complexity index is 317. The molecule has 0 radical (unpaired) electrons. The minimum Gasteiger partial charge on any atom is -0.0995 e. The Labute approximate surface area is 93.3 Å². The average molecular weight is 200 g/mol. The molecule has 0 aliphatic heterocycles. The molecule has 15 heavy (non-hydrogen) atoms. The highest BCUT2D eigenvalue weighted by atomic mass is 14.0. The van der Waals surface area contributed by atoms with Crippen LogP contribution in [0.15, 0.2) is 48.6 Å². The molecule has 0 fully saturated rings. The highest BCUT2D eigenvalue weighted by Crippen LogP contribution is 2.13. The first kappa shape index (κ1) is 11.8. The first-order valence-electron chi connectivity index (χ1n) is 5.56. The second kappa shape index (κ2) is 6.23. The third-order valence-electron chi connectivity index (χ3n) is 2.21. The molecular weight excluding hydrogens is 180 g/mol. The number of rotatable bonds is 5. The predicted molar refractivity (Wildman–Crippen MR) is 68.7 cm³/mol. The molecule has 80 valence electrons. The van der Waals surface area contributed by atoms with E-state index in [9.17, 15) is 0 Å². The zero-order chi connectivity index (χ0) is 11.1. The van der Waals surface area contributed by atoms with Gasteiger partial charge < -0.3 is 0 Å². The Morgan fingerprint density at radius 3 is 2.53 bits per heavy atom. The van der Waals surface area contributed by atoms with Gasteiger partial charge in [-0.3, -0.25) is 0 Å². The van der Waals surface area contributed by atoms with Crippen molar-refractivity contribution in [1.29, 1.82) is 0 Å². The van der Waals surface area contributed by atoms with Gasteiger partial charge >= 0.3 is 0 Å². The standard InChI is InChI=1S/C15H20/c1-13(2)12-14(3)8-7-11-15-9-5-4-6-10-15/h4-7,9-11,13H,3,8,12H2,1-2H3/b11-7+. The summed E-state index contributed by atoms with van der Waals surface area (Å²) in [5.41, 5.74) is 2.58. The van der Waals surface area contributed by atoms with Gasteiger partial charge in [-0.1, -0.05) is 68.5 Å². The lowest BCUT2D eigenvalue weighted by Gasteiger charge is -2.05. The van der Waals surface area contributed by atoms with Crippen molar-refractivity contribution in [3.63, 3.8) is 0 Å². The lowest BCUT2D eigenvalue weighted by Crippen LogP contribution is -1.88. The van der Waals surface area contributed by atoms with Crippen LogP contribution in [0.25, 0.3) is 6.08 Å². The maximum absolute atomic E-state index is 4.07. The van der Waals surface area contributed by atoms with Gasteiger partial charge in [-0.15, -0.1) is 0 Å². The van der Waals surface area contributed by atoms with Crippen molar-refractivity contribution in [3.8, 4) is 0 Å². The van der Waals surface area contributed by atoms with E-state index in [1.54, 1.807) is 0 Å². The normalized spacial score (nSPS) is 11.1. The Morgan fingerprint density at radius 1 is 1.27 bits per heavy atom. The van der Waals surface area contributed by atoms with E-state index in [1.807, 2.05) is 6.07 Å². The van der Waals surface area contributed by atoms with Gasteiger partial charge in [-0.25, -0.2) is 0 Å². The van der Waals surface area contributed by atoms with Crippen LogP contribution in [0.5, 0.6) is 0 Å². The minimum absolute atomic E-state index is 0.711. The molecule has 0 unspecified atom stereocenters. The third kappa shape index (κ3) is 5.21. The van der Waals surface area contributed by atoms with E-state index >= 15 is 0 Å². The first-order chi connectivity index (χ1) is 7.18. The van der Waals surface area contributed by atoms with Crippen LogP contribution in [0.3, 0.4) is 0 Å². The number of allylic oxidation sites excluding steroid dienone is 2. The number of benzene rings is 1. The fraction of sp³-hybridized carbons (Fsp3) is 0.333. The van der Waals surface area contributed by atoms with Gasteiger partial charge in [-0.05, 0) is 24.3 Å². The van der Waals surface area contributed by atoms with E-state index in [0.717, 1.165) is 12.8 Å². The Morgan fingerprint density at radius 2 is 1.93 bits per heavy atom. The van der Waals surface area contributed by atoms with E-state index in [1.165, 1.54) is 11.1 Å². The van der Waals surface area contributed by atoms with E-state index in [0.29, 0.717) is 5.92 Å². The fourth-order valence-electron chi connectivity index (χ4n) is 1.59. The van der Waals surface area contributed by atoms with Gasteiger partial charge in [0.05, 0.1) is 0 Å². The zero-order valence-corrected chi connectivity index (χ0v) is 9.74. The summed E-state index contributed by atoms with van der Waals surface area (Å²) >= 11 is 0. The van der Waals surface area contributed by atoms with Crippen LogP contribution in [-0.2, 0) is 0 Å². The summed E-state index contributed by atoms with van der Waals surface area (Å²) in [6.07, 6.45) is 6.47. The largest absolute Gasteiger partial charge is 0.0995 e. The molecule has 1 aromatic carbocycles. The van der Waals surface area contributed by atoms with Crippen molar-refractivity contribution >= 4 is 6.08 Å². The molecule has 0 saturated carbocycles. The molecule has 0 nitrogen and oxygen atoms in total. The smallest absolute Gasteiger partial charge is 0.0138 e. The molecule has 0 amide bonds. The summed E-state index contributed by atoms with van der Waals surface area (Å²) in [6, 6.07) is 10.4. The van der Waals surface area contributed by atoms with Gasteiger partial charge in [0.2, 0.25) is 0 Å². The molecule has 0 aliphatic carbocycles. The van der Waals surface area contributed by atoms with Crippen LogP contribution >= 0.6 is 0 Å². The van der Waals surface area contributed by atoms with Crippen LogP contribution in [-0.4, -0.2) is 0 Å². The molecule has 0 spiro atoms. The predicted octanol–water partition coefficient (Wildman–Crippen LogP) is 4.69. The third-order valence-corrected chi connectivity index (χ3v) is 2.21. The topological polar surface area (TPSA) is 0 Å². The number of hydrogen-bond donors (Lipinski definition) is 0. The van der Waals surface area contributed by atoms with Crippen molar-refractivity contribution in [2.75, 3.05) is 0 Å². The Kier molecular flexibility index (Phi) is 4.89. The van der Waals surface area contributed by atoms with Gasteiger partial charge in [0, 0.05) is 0 Å². The molecule has 0 aliphatic rings. The quantitative estimate of drug-likeness (QED) is 0.605. The van der Waals surface area contributed by atoms with Crippen molar-refractivity contribution in [2.24, 2.45) is 5.92 Å². The lowest BCUT2D eigenvalue weighted by atomic mass is 10.0. The Hall–Kier alpha value is -1.30. The summed E-state index contributed by atoms with van der Waals surface area (Å²) < 4.78 is 0. The fourth-order valence-corrected chi connectivity index (χ4v) is 1.59. The van der Waals surface area contributed by atoms with Crippen molar-refractivity contribution in [1.82, 2.24) is 0 Å². The molecule has 0 heterocycles. The molecule has 0 N–H and O–H groups in total. The van der Waals surface area contributed by atoms with Gasteiger partial charge in [0.15, 0.2) is 0 Å². The maximum Gasteiger partial charge on any atom is -0.0138 e. The second-order valence-electron chi connectivity index (χ2n) is 4.37. The van der Waals surface area contributed by atoms with Crippen LogP contribution in [0.1, 0.15) is 32.3 Å². The SMILES string of the molecule is C=C(C/C=C/c1ccccc1)CC(C)C. The van der Waals surface area contributed by atoms with E-state index in [-0.39, 0.29) is 0 Å². The van der Waals surface area contributed by atoms with E-state index in [2.05, 4.69) is 56.8 Å². The summed E-state index contributed by atoms with van der Waals surface area (Å²) in [4.78, 5) is 0. The summed E-state index contributed by atoms with van der Waals surface area (Å²) in [7, 11) is 0. The maximum atomic E-state index is 4.07. The van der Waals surface area contributed by atoms with Gasteiger partial charge in [0.25, 0.3) is 0 Å². The summed E-state index contributed by atoms with van der Waals surface area (Å²) in [6.45, 7) is 8.53. The Balaban J connectivity index is 2.37. The molecule has 0 saturated heterocycles. The summed E-state index contributed by atoms with van der Waals surface area (Å²) in [5, 5.41) is 0. The highest BCUT2D eigenvalue weighted by molar-refractivity contribution is 5.49. The first-order valence-corrected chi connectivity index (χ1v) is 5.56. The van der Waals surface area contributed by atoms with Crippen molar-refractivity contribution in [2.45, 2.75) is 26.7 Å². The van der Waals surface area contributed by atoms with E-state index < -0.39 is 0 Å². The summed E-state index contributed by atoms with van der Waals surface area (Å²) in [5.74, 6) is 0.711.